The van der Waals surface area contributed by atoms with Crippen LogP contribution in [0.5, 0.6) is 5.75 Å². The number of rotatable bonds is 34. The normalized spacial score (nSPS) is 21.1. The second-order valence-corrected chi connectivity index (χ2v) is 30.1. The van der Waals surface area contributed by atoms with E-state index in [0.717, 1.165) is 4.90 Å². The summed E-state index contributed by atoms with van der Waals surface area (Å²) in [5.41, 5.74) is 11.9. The molecule has 42 heteroatoms. The van der Waals surface area contributed by atoms with Gasteiger partial charge in [-0.2, -0.15) is 0 Å². The number of amides is 15. The lowest BCUT2D eigenvalue weighted by atomic mass is 9.99. The topological polar surface area (TPSA) is 652 Å². The molecule has 2 saturated heterocycles. The van der Waals surface area contributed by atoms with Crippen LogP contribution in [-0.4, -0.2) is 260 Å². The Labute approximate surface area is 701 Å². The molecule has 6 unspecified atom stereocenters. The molecule has 2 aliphatic heterocycles. The minimum Gasteiger partial charge on any atom is -0.508 e. The molecule has 2 aliphatic rings. The standard InChI is InChI=1S/C79H108ClN17O24/c1-40(2)14-10-11-19-61(103)83-28-26-62(104)88-50(17-12-27-81)71(113)91-54(33-58(100)45-15-8-7-9-16-45)75(117)96-68(60(102)36-66(109)110)78(120)94-52(31-44-20-23-47(99)24-21-44)74(116)95-67-42(5)86-76(118)57-18-13-29-97(57)79(121)43(6)87-72(114)53(34-59(101)48-25-22-46(80)32-49(48)82)89-63(105)37-85-70(112)56(39-98)90-64(106)38-84-69(111)55(35-65(107)108)92-73(115)51(30-41(3)4)93-77(67)119/h7-11,14-16,19-25,32,40-43,50-58,60,67-68,98-100,102H,12-13,17-18,26-31,33-39,81-82H2,1-6H3,(H,83,103)(H,84,111)(H,85,112)(H,86,118)(H,87,114)(H,88,104)(H,89,105)(H,90,106)(H,91,113)(H,92,115)(H,93,119)(H,94,120)(H,95,116)(H,96,117)(H,107,108)(H,109,110)/b14-10+,19-11-/t42?,43-,50-,51+,52-,53-,54?,55-,56-,57-,58?,60?,67?,68?/m0/s1. The fourth-order valence-electron chi connectivity index (χ4n) is 12.6. The Balaban J connectivity index is 1.59. The summed E-state index contributed by atoms with van der Waals surface area (Å²) in [6, 6.07) is -6.10. The molecular formula is C79H108ClN17O24. The number of aromatic hydroxyl groups is 1. The zero-order valence-electron chi connectivity index (χ0n) is 67.5. The molecule has 0 bridgehead atoms. The monoisotopic (exact) mass is 1710 g/mol. The van der Waals surface area contributed by atoms with Crippen LogP contribution in [0.25, 0.3) is 0 Å². The number of phenolic OH excluding ortho intramolecular Hbond substituents is 1. The van der Waals surface area contributed by atoms with E-state index in [1.165, 1.54) is 92.7 Å². The number of nitrogens with one attached hydrogen (secondary N) is 14. The van der Waals surface area contributed by atoms with E-state index in [9.17, 15) is 103 Å². The van der Waals surface area contributed by atoms with E-state index >= 15 is 14.4 Å². The van der Waals surface area contributed by atoms with Gasteiger partial charge in [-0.05, 0) is 106 Å². The number of carbonyl (C=O) groups is 18. The van der Waals surface area contributed by atoms with Crippen molar-refractivity contribution in [2.45, 2.75) is 197 Å². The lowest BCUT2D eigenvalue weighted by molar-refractivity contribution is -0.143. The summed E-state index contributed by atoms with van der Waals surface area (Å²) in [6.45, 7) is 5.85. The van der Waals surface area contributed by atoms with Crippen LogP contribution in [0, 0.1) is 11.8 Å². The molecule has 0 saturated carbocycles. The molecule has 0 spiro atoms. The van der Waals surface area contributed by atoms with Gasteiger partial charge in [-0.15, -0.1) is 0 Å². The van der Waals surface area contributed by atoms with Crippen molar-refractivity contribution < 1.29 is 117 Å². The maximum Gasteiger partial charge on any atom is 0.306 e. The van der Waals surface area contributed by atoms with Gasteiger partial charge in [0.2, 0.25) is 88.6 Å². The van der Waals surface area contributed by atoms with Gasteiger partial charge in [0.25, 0.3) is 0 Å². The number of aliphatic carboxylic acids is 2. The second-order valence-electron chi connectivity index (χ2n) is 29.7. The first-order chi connectivity index (χ1) is 57.2. The molecule has 14 atom stereocenters. The summed E-state index contributed by atoms with van der Waals surface area (Å²) < 4.78 is 0. The third-order valence-electron chi connectivity index (χ3n) is 18.9. The van der Waals surface area contributed by atoms with Crippen molar-refractivity contribution in [1.82, 2.24) is 79.3 Å². The Bertz CT molecular complexity index is 4270. The molecule has 15 amide bonds. The van der Waals surface area contributed by atoms with Crippen LogP contribution in [0.3, 0.4) is 0 Å². The van der Waals surface area contributed by atoms with Crippen molar-refractivity contribution in [1.29, 1.82) is 0 Å². The average molecular weight is 1720 g/mol. The van der Waals surface area contributed by atoms with Crippen LogP contribution >= 0.6 is 11.6 Å². The van der Waals surface area contributed by atoms with Crippen molar-refractivity contribution in [3.8, 4) is 5.75 Å². The number of nitrogens with zero attached hydrogens (tertiary/aromatic N) is 1. The summed E-state index contributed by atoms with van der Waals surface area (Å²) in [7, 11) is 0. The second kappa shape index (κ2) is 49.2. The average Bonchev–Trinajstić information content (AvgIpc) is 1.79. The molecule has 0 radical (unpaired) electrons. The third kappa shape index (κ3) is 33.3. The van der Waals surface area contributed by atoms with Crippen molar-refractivity contribution in [2.24, 2.45) is 17.6 Å². The summed E-state index contributed by atoms with van der Waals surface area (Å²) >= 11 is 6.06. The van der Waals surface area contributed by atoms with E-state index in [4.69, 9.17) is 23.1 Å². The fourth-order valence-corrected chi connectivity index (χ4v) is 12.8. The van der Waals surface area contributed by atoms with Crippen LogP contribution < -0.4 is 85.9 Å². The van der Waals surface area contributed by atoms with Crippen molar-refractivity contribution in [3.63, 3.8) is 0 Å². The number of phenols is 1. The number of carbonyl (C=O) groups excluding carboxylic acids is 16. The number of allylic oxidation sites excluding steroid dienone is 3. The minimum atomic E-state index is -2.44. The largest absolute Gasteiger partial charge is 0.508 e. The van der Waals surface area contributed by atoms with Crippen LogP contribution in [0.1, 0.15) is 133 Å². The number of carboxylic acids is 2. The van der Waals surface area contributed by atoms with E-state index in [1.54, 1.807) is 26.0 Å². The first kappa shape index (κ1) is 99.1. The zero-order valence-corrected chi connectivity index (χ0v) is 68.3. The summed E-state index contributed by atoms with van der Waals surface area (Å²) in [5.74, 6) is -22.2. The van der Waals surface area contributed by atoms with E-state index < -0.39 is 249 Å². The highest BCUT2D eigenvalue weighted by atomic mass is 35.5. The number of Topliss-reactive ketones (excluding diaryl/α,β-unsaturated/α-hetero) is 1. The van der Waals surface area contributed by atoms with Gasteiger partial charge in [0.05, 0.1) is 50.8 Å². The van der Waals surface area contributed by atoms with Crippen LogP contribution in [0.2, 0.25) is 5.02 Å². The molecule has 0 aliphatic carbocycles. The number of hydrogen-bond acceptors (Lipinski definition) is 24. The van der Waals surface area contributed by atoms with E-state index in [2.05, 4.69) is 74.4 Å². The van der Waals surface area contributed by atoms with E-state index in [0.29, 0.717) is 0 Å². The van der Waals surface area contributed by atoms with Gasteiger partial charge >= 0.3 is 11.9 Å². The summed E-state index contributed by atoms with van der Waals surface area (Å²) in [6.07, 6.45) is -3.19. The summed E-state index contributed by atoms with van der Waals surface area (Å²) in [4.78, 5) is 253. The zero-order chi connectivity index (χ0) is 89.9. The number of hydrogen-bond donors (Lipinski definition) is 22. The van der Waals surface area contributed by atoms with E-state index in [1.807, 2.05) is 19.9 Å². The molecule has 41 nitrogen and oxygen atoms in total. The predicted octanol–water partition coefficient (Wildman–Crippen LogP) is -4.46. The molecular weight excluding hydrogens is 1610 g/mol. The highest BCUT2D eigenvalue weighted by molar-refractivity contribution is 6.31. The number of aliphatic hydroxyl groups is 3. The van der Waals surface area contributed by atoms with E-state index in [-0.39, 0.29) is 97.2 Å². The molecule has 2 heterocycles. The molecule has 24 N–H and O–H groups in total. The maximum absolute atomic E-state index is 15.4. The van der Waals surface area contributed by atoms with Crippen molar-refractivity contribution in [2.75, 3.05) is 45.1 Å². The molecule has 3 aromatic carbocycles. The number of halogens is 1. The minimum absolute atomic E-state index is 0.000693. The van der Waals surface area contributed by atoms with Gasteiger partial charge in [0.1, 0.15) is 72.2 Å². The first-order valence-corrected chi connectivity index (χ1v) is 39.4. The smallest absolute Gasteiger partial charge is 0.306 e. The quantitative estimate of drug-likeness (QED) is 0.0116. The molecule has 5 rings (SSSR count). The Kier molecular flexibility index (Phi) is 40.3. The third-order valence-corrected chi connectivity index (χ3v) is 19.1. The van der Waals surface area contributed by atoms with Crippen molar-refractivity contribution in [3.05, 3.63) is 119 Å². The van der Waals surface area contributed by atoms with Crippen LogP contribution in [0.4, 0.5) is 5.69 Å². The lowest BCUT2D eigenvalue weighted by Crippen LogP contribution is -2.65. The molecule has 121 heavy (non-hydrogen) atoms. The molecule has 3 aromatic rings. The summed E-state index contributed by atoms with van der Waals surface area (Å²) in [5, 5.41) is 96.8. The predicted molar refractivity (Wildman–Crippen MR) is 432 cm³/mol. The lowest BCUT2D eigenvalue weighted by Gasteiger charge is -2.32. The number of nitrogens with two attached hydrogens (primary N) is 2. The highest BCUT2D eigenvalue weighted by Gasteiger charge is 2.43. The number of benzene rings is 3. The number of nitrogen functional groups attached to an aromatic ring is 1. The number of aliphatic hydroxyl groups excluding tert-OH is 3. The van der Waals surface area contributed by atoms with Gasteiger partial charge in [-0.1, -0.05) is 100.0 Å². The SMILES string of the molecule is CC(C)/C=C/C=C\C(=O)NCCC(=O)N[C@@H](CCCN)C(=O)NC(CC(O)c1ccccc1)C(=O)NC(C(=O)N[C@@H](Cc1ccc(O)cc1)C(=O)NC1C(=O)N[C@H](CC(C)C)C(=O)N[C@@H](CC(=O)O)C(=O)NCC(=O)N[C@@H](CO)C(=O)NCC(=O)N[C@@H](CC(=O)c2ccc(Cl)cc2N)C(=O)N[C@@H](C)C(=O)N2CCC[C@H]2C(=O)NC1C)C(O)CC(=O)O. The Morgan fingerprint density at radius 3 is 1.88 bits per heavy atom. The van der Waals surface area contributed by atoms with Crippen molar-refractivity contribution >= 4 is 124 Å². The van der Waals surface area contributed by atoms with Gasteiger partial charge in [-0.3, -0.25) is 86.3 Å². The number of carboxylic acid groups (broad SMARTS) is 2. The van der Waals surface area contributed by atoms with Crippen LogP contribution in [-0.2, 0) is 87.9 Å². The Morgan fingerprint density at radius 2 is 1.26 bits per heavy atom. The maximum atomic E-state index is 15.4. The number of ketones is 1. The highest BCUT2D eigenvalue weighted by Crippen LogP contribution is 2.24. The molecule has 2 fully saturated rings. The van der Waals surface area contributed by atoms with Gasteiger partial charge in [0.15, 0.2) is 5.78 Å². The number of anilines is 1. The molecule has 660 valence electrons. The van der Waals surface area contributed by atoms with Gasteiger partial charge in [-0.25, -0.2) is 0 Å². The first-order valence-electron chi connectivity index (χ1n) is 39.0. The fraction of sp³-hybridized carbons (Fsp3) is 0.494. The Morgan fingerprint density at radius 1 is 0.653 bits per heavy atom. The van der Waals surface area contributed by atoms with Gasteiger partial charge in [0, 0.05) is 61.1 Å². The van der Waals surface area contributed by atoms with Crippen LogP contribution in [0.15, 0.2) is 97.1 Å². The molecule has 0 aromatic heterocycles. The number of fused-ring (bicyclic) bond motifs is 1. The Hall–Kier alpha value is -12.5. The van der Waals surface area contributed by atoms with Gasteiger partial charge < -0.3 is 121 Å².